The van der Waals surface area contributed by atoms with Crippen LogP contribution in [0.1, 0.15) is 10.4 Å². The second-order valence-electron chi connectivity index (χ2n) is 3.96. The number of aromatic nitrogens is 2. The van der Waals surface area contributed by atoms with Gasteiger partial charge in [0.2, 0.25) is 0 Å². The number of hydrogen-bond acceptors (Lipinski definition) is 2. The van der Waals surface area contributed by atoms with E-state index in [9.17, 15) is 9.18 Å². The maximum atomic E-state index is 12.9. The highest BCUT2D eigenvalue weighted by atomic mass is 19.1. The van der Waals surface area contributed by atoms with Crippen LogP contribution in [0, 0.1) is 5.82 Å². The quantitative estimate of drug-likeness (QED) is 0.645. The summed E-state index contributed by atoms with van der Waals surface area (Å²) in [4.78, 5) is 15.1. The van der Waals surface area contributed by atoms with Crippen LogP contribution in [-0.2, 0) is 0 Å². The molecule has 0 atom stereocenters. The number of halogens is 1. The van der Waals surface area contributed by atoms with Crippen LogP contribution < -0.4 is 0 Å². The summed E-state index contributed by atoms with van der Waals surface area (Å²) in [7, 11) is 0. The first-order chi connectivity index (χ1) is 8.78. The van der Waals surface area contributed by atoms with E-state index in [2.05, 4.69) is 4.98 Å². The van der Waals surface area contributed by atoms with Gasteiger partial charge in [-0.25, -0.2) is 9.37 Å². The Bertz CT molecular complexity index is 716. The lowest BCUT2D eigenvalue weighted by Gasteiger charge is -2.02. The Morgan fingerprint density at radius 2 is 1.89 bits per heavy atom. The molecule has 0 unspecified atom stereocenters. The van der Waals surface area contributed by atoms with Gasteiger partial charge in [0.15, 0.2) is 6.29 Å². The summed E-state index contributed by atoms with van der Waals surface area (Å²) in [6, 6.07) is 9.66. The highest BCUT2D eigenvalue weighted by molar-refractivity contribution is 5.76. The van der Waals surface area contributed by atoms with E-state index in [0.29, 0.717) is 11.4 Å². The Hall–Kier alpha value is -2.49. The highest BCUT2D eigenvalue weighted by Gasteiger charge is 2.06. The van der Waals surface area contributed by atoms with Gasteiger partial charge in [0.05, 0.1) is 11.7 Å². The molecule has 0 saturated carbocycles. The molecule has 0 radical (unpaired) electrons. The lowest BCUT2D eigenvalue weighted by molar-refractivity contribution is 0.112. The minimum atomic E-state index is -0.284. The van der Waals surface area contributed by atoms with Gasteiger partial charge in [-0.1, -0.05) is 0 Å². The van der Waals surface area contributed by atoms with Crippen LogP contribution in [0.15, 0.2) is 48.8 Å². The Morgan fingerprint density at radius 1 is 1.11 bits per heavy atom. The molecule has 0 saturated heterocycles. The predicted octanol–water partition coefficient (Wildman–Crippen LogP) is 2.95. The Balaban J connectivity index is 2.22. The largest absolute Gasteiger partial charge is 0.299 e. The molecule has 3 aromatic rings. The number of nitrogens with zero attached hydrogens (tertiary/aromatic N) is 2. The van der Waals surface area contributed by atoms with E-state index < -0.39 is 0 Å². The highest BCUT2D eigenvalue weighted by Crippen LogP contribution is 2.20. The Morgan fingerprint density at radius 3 is 2.61 bits per heavy atom. The van der Waals surface area contributed by atoms with Crippen molar-refractivity contribution in [2.45, 2.75) is 0 Å². The fourth-order valence-corrected chi connectivity index (χ4v) is 1.89. The maximum absolute atomic E-state index is 12.9. The van der Waals surface area contributed by atoms with Crippen LogP contribution >= 0.6 is 0 Å². The monoisotopic (exact) mass is 240 g/mol. The molecule has 2 aromatic heterocycles. The number of rotatable bonds is 2. The average Bonchev–Trinajstić information content (AvgIpc) is 2.82. The zero-order valence-electron chi connectivity index (χ0n) is 9.38. The molecule has 88 valence electrons. The molecule has 0 aliphatic carbocycles. The van der Waals surface area contributed by atoms with Gasteiger partial charge in [0, 0.05) is 17.3 Å². The van der Waals surface area contributed by atoms with E-state index in [1.54, 1.807) is 30.6 Å². The van der Waals surface area contributed by atoms with E-state index >= 15 is 0 Å². The molecule has 0 fully saturated rings. The molecule has 3 nitrogen and oxygen atoms in total. The van der Waals surface area contributed by atoms with Crippen molar-refractivity contribution in [1.29, 1.82) is 0 Å². The van der Waals surface area contributed by atoms with Crippen LogP contribution in [0.25, 0.3) is 16.9 Å². The fraction of sp³-hybridized carbons (Fsp3) is 0. The van der Waals surface area contributed by atoms with Crippen LogP contribution in [0.5, 0.6) is 0 Å². The van der Waals surface area contributed by atoms with Crippen molar-refractivity contribution in [2.24, 2.45) is 0 Å². The zero-order valence-corrected chi connectivity index (χ0v) is 9.38. The summed E-state index contributed by atoms with van der Waals surface area (Å²) in [5.41, 5.74) is 2.27. The topological polar surface area (TPSA) is 34.4 Å². The molecule has 0 aliphatic rings. The van der Waals surface area contributed by atoms with Crippen molar-refractivity contribution in [3.05, 3.63) is 60.2 Å². The molecule has 0 aliphatic heterocycles. The molecule has 1 aromatic carbocycles. The van der Waals surface area contributed by atoms with Crippen molar-refractivity contribution in [3.63, 3.8) is 0 Å². The predicted molar refractivity (Wildman–Crippen MR) is 66.0 cm³/mol. The summed E-state index contributed by atoms with van der Waals surface area (Å²) >= 11 is 0. The SMILES string of the molecule is O=Cc1ccc2cnc(-c3ccc(F)cc3)n2c1. The summed E-state index contributed by atoms with van der Waals surface area (Å²) < 4.78 is 14.7. The third-order valence-corrected chi connectivity index (χ3v) is 2.79. The number of fused-ring (bicyclic) bond motifs is 1. The molecular formula is C14H9FN2O. The minimum absolute atomic E-state index is 0.284. The molecule has 18 heavy (non-hydrogen) atoms. The number of pyridine rings is 1. The fourth-order valence-electron chi connectivity index (χ4n) is 1.89. The van der Waals surface area contributed by atoms with Crippen LogP contribution in [0.4, 0.5) is 4.39 Å². The van der Waals surface area contributed by atoms with Gasteiger partial charge in [-0.2, -0.15) is 0 Å². The third-order valence-electron chi connectivity index (χ3n) is 2.79. The lowest BCUT2D eigenvalue weighted by atomic mass is 10.2. The van der Waals surface area contributed by atoms with Gasteiger partial charge in [-0.05, 0) is 36.4 Å². The second-order valence-corrected chi connectivity index (χ2v) is 3.96. The molecule has 0 bridgehead atoms. The van der Waals surface area contributed by atoms with Gasteiger partial charge in [0.1, 0.15) is 11.6 Å². The van der Waals surface area contributed by atoms with E-state index in [1.165, 1.54) is 12.1 Å². The smallest absolute Gasteiger partial charge is 0.151 e. The van der Waals surface area contributed by atoms with Gasteiger partial charge >= 0.3 is 0 Å². The maximum Gasteiger partial charge on any atom is 0.151 e. The van der Waals surface area contributed by atoms with Crippen molar-refractivity contribution in [1.82, 2.24) is 9.38 Å². The zero-order chi connectivity index (χ0) is 12.5. The third kappa shape index (κ3) is 1.68. The average molecular weight is 240 g/mol. The van der Waals surface area contributed by atoms with Crippen molar-refractivity contribution >= 4 is 11.8 Å². The number of carbonyl (C=O) groups excluding carboxylic acids is 1. The summed E-state index contributed by atoms with van der Waals surface area (Å²) in [6.07, 6.45) is 4.22. The second kappa shape index (κ2) is 4.07. The number of benzene rings is 1. The molecule has 0 N–H and O–H groups in total. The van der Waals surface area contributed by atoms with Crippen molar-refractivity contribution < 1.29 is 9.18 Å². The number of hydrogen-bond donors (Lipinski definition) is 0. The number of carbonyl (C=O) groups is 1. The van der Waals surface area contributed by atoms with Gasteiger partial charge in [-0.3, -0.25) is 9.20 Å². The standard InChI is InChI=1S/C14H9FN2O/c15-12-4-2-11(3-5-12)14-16-7-13-6-1-10(9-18)8-17(13)14/h1-9H. The van der Waals surface area contributed by atoms with E-state index in [4.69, 9.17) is 0 Å². The summed E-state index contributed by atoms with van der Waals surface area (Å²) in [5.74, 6) is 0.405. The molecule has 0 spiro atoms. The first-order valence-electron chi connectivity index (χ1n) is 5.46. The Kier molecular flexibility index (Phi) is 2.41. The minimum Gasteiger partial charge on any atom is -0.299 e. The van der Waals surface area contributed by atoms with Crippen LogP contribution in [0.2, 0.25) is 0 Å². The first-order valence-corrected chi connectivity index (χ1v) is 5.46. The molecule has 0 amide bonds. The molecule has 4 heteroatoms. The van der Waals surface area contributed by atoms with E-state index in [-0.39, 0.29) is 5.82 Å². The van der Waals surface area contributed by atoms with Gasteiger partial charge in [-0.15, -0.1) is 0 Å². The van der Waals surface area contributed by atoms with Gasteiger partial charge in [0.25, 0.3) is 0 Å². The molecular weight excluding hydrogens is 231 g/mol. The lowest BCUT2D eigenvalue weighted by Crippen LogP contribution is -1.92. The van der Waals surface area contributed by atoms with Crippen molar-refractivity contribution in [2.75, 3.05) is 0 Å². The van der Waals surface area contributed by atoms with Gasteiger partial charge < -0.3 is 0 Å². The number of aldehydes is 1. The normalized spacial score (nSPS) is 10.7. The van der Waals surface area contributed by atoms with Crippen LogP contribution in [0.3, 0.4) is 0 Å². The number of imidazole rings is 1. The van der Waals surface area contributed by atoms with Crippen LogP contribution in [-0.4, -0.2) is 15.7 Å². The van der Waals surface area contributed by atoms with E-state index in [0.717, 1.165) is 17.4 Å². The Labute approximate surface area is 103 Å². The first kappa shape index (κ1) is 10.7. The van der Waals surface area contributed by atoms with Crippen molar-refractivity contribution in [3.8, 4) is 11.4 Å². The molecule has 2 heterocycles. The molecule has 3 rings (SSSR count). The van der Waals surface area contributed by atoms with E-state index in [1.807, 2.05) is 10.5 Å². The summed E-state index contributed by atoms with van der Waals surface area (Å²) in [6.45, 7) is 0. The summed E-state index contributed by atoms with van der Waals surface area (Å²) in [5, 5.41) is 0.